The maximum absolute atomic E-state index is 13.5. The highest BCUT2D eigenvalue weighted by Gasteiger charge is 2.47. The summed E-state index contributed by atoms with van der Waals surface area (Å²) in [6.07, 6.45) is 0. The number of aliphatic hydroxyl groups excluding tert-OH is 1. The topological polar surface area (TPSA) is 76.1 Å². The number of aryl methyl sites for hydroxylation is 1. The number of anilines is 1. The van der Waals surface area contributed by atoms with Crippen LogP contribution in [0.25, 0.3) is 5.76 Å². The molecule has 1 saturated heterocycles. The molecule has 1 unspecified atom stereocenters. The molecule has 0 saturated carbocycles. The van der Waals surface area contributed by atoms with E-state index in [1.165, 1.54) is 4.90 Å². The van der Waals surface area contributed by atoms with Gasteiger partial charge in [-0.1, -0.05) is 38.1 Å². The summed E-state index contributed by atoms with van der Waals surface area (Å²) in [6, 6.07) is 19.1. The molecule has 0 aliphatic carbocycles. The van der Waals surface area contributed by atoms with Crippen molar-refractivity contribution in [1.82, 2.24) is 0 Å². The Morgan fingerprint density at radius 3 is 2.33 bits per heavy atom. The fraction of sp³-hybridized carbons (Fsp3) is 0.267. The summed E-state index contributed by atoms with van der Waals surface area (Å²) in [6.45, 7) is 8.44. The summed E-state index contributed by atoms with van der Waals surface area (Å²) in [5, 5.41) is 11.5. The number of carbonyl (C=O) groups excluding carboxylic acids is 2. The van der Waals surface area contributed by atoms with Crippen molar-refractivity contribution in [2.45, 2.75) is 39.7 Å². The van der Waals surface area contributed by atoms with Gasteiger partial charge < -0.3 is 14.6 Å². The first-order valence-electron chi connectivity index (χ1n) is 12.1. The van der Waals surface area contributed by atoms with Gasteiger partial charge in [-0.25, -0.2) is 0 Å². The molecule has 1 amide bonds. The Balaban J connectivity index is 1.93. The zero-order valence-corrected chi connectivity index (χ0v) is 21.2. The minimum atomic E-state index is -0.784. The minimum absolute atomic E-state index is 0.0592. The lowest BCUT2D eigenvalue weighted by Crippen LogP contribution is -2.29. The lowest BCUT2D eigenvalue weighted by Gasteiger charge is -2.27. The van der Waals surface area contributed by atoms with Gasteiger partial charge in [0.15, 0.2) is 0 Å². The molecule has 0 aromatic heterocycles. The zero-order valence-electron chi connectivity index (χ0n) is 21.2. The Bertz CT molecular complexity index is 1320. The van der Waals surface area contributed by atoms with Gasteiger partial charge in [-0.2, -0.15) is 0 Å². The van der Waals surface area contributed by atoms with E-state index in [0.717, 1.165) is 22.4 Å². The molecule has 3 aromatic rings. The number of carbonyl (C=O) groups is 2. The first-order chi connectivity index (χ1) is 17.3. The van der Waals surface area contributed by atoms with E-state index in [-0.39, 0.29) is 17.3 Å². The van der Waals surface area contributed by atoms with E-state index in [2.05, 4.69) is 0 Å². The smallest absolute Gasteiger partial charge is 0.300 e. The first-order valence-corrected chi connectivity index (χ1v) is 12.1. The monoisotopic (exact) mass is 485 g/mol. The highest BCUT2D eigenvalue weighted by molar-refractivity contribution is 6.51. The Morgan fingerprint density at radius 1 is 1.03 bits per heavy atom. The van der Waals surface area contributed by atoms with Crippen molar-refractivity contribution in [3.05, 3.63) is 94.6 Å². The van der Waals surface area contributed by atoms with Crippen molar-refractivity contribution < 1.29 is 24.2 Å². The molecule has 1 aliphatic rings. The lowest BCUT2D eigenvalue weighted by atomic mass is 9.91. The Morgan fingerprint density at radius 2 is 1.72 bits per heavy atom. The van der Waals surface area contributed by atoms with Crippen LogP contribution in [-0.2, 0) is 9.59 Å². The largest absolute Gasteiger partial charge is 0.507 e. The van der Waals surface area contributed by atoms with Crippen LogP contribution in [0.2, 0.25) is 0 Å². The fourth-order valence-corrected chi connectivity index (χ4v) is 4.62. The second-order valence-corrected chi connectivity index (χ2v) is 9.06. The molecular formula is C30H31NO5. The van der Waals surface area contributed by atoms with Gasteiger partial charge in [0.25, 0.3) is 11.7 Å². The van der Waals surface area contributed by atoms with E-state index in [9.17, 15) is 14.7 Å². The van der Waals surface area contributed by atoms with Crippen LogP contribution < -0.4 is 14.4 Å². The van der Waals surface area contributed by atoms with Crippen molar-refractivity contribution in [3.63, 3.8) is 0 Å². The highest BCUT2D eigenvalue weighted by Crippen LogP contribution is 2.44. The number of ether oxygens (including phenoxy) is 2. The summed E-state index contributed by atoms with van der Waals surface area (Å²) in [5.41, 5.74) is 3.66. The van der Waals surface area contributed by atoms with Crippen molar-refractivity contribution >= 4 is 23.1 Å². The van der Waals surface area contributed by atoms with Crippen molar-refractivity contribution in [2.24, 2.45) is 0 Å². The Kier molecular flexibility index (Phi) is 7.15. The SMILES string of the molecule is CCOc1ccc(/C(O)=C2\C(=O)C(=O)N(c3ccc(OC)cc3)C2c2ccccc2C)cc1C(C)C. The lowest BCUT2D eigenvalue weighted by molar-refractivity contribution is -0.132. The molecule has 1 N–H and O–H groups in total. The van der Waals surface area contributed by atoms with E-state index in [0.29, 0.717) is 23.6 Å². The third kappa shape index (κ3) is 4.47. The molecule has 3 aromatic carbocycles. The molecular weight excluding hydrogens is 454 g/mol. The molecule has 1 heterocycles. The number of aliphatic hydroxyl groups is 1. The van der Waals surface area contributed by atoms with Crippen molar-refractivity contribution in [3.8, 4) is 11.5 Å². The molecule has 186 valence electrons. The number of hydrogen-bond acceptors (Lipinski definition) is 5. The van der Waals surface area contributed by atoms with Crippen LogP contribution in [0.1, 0.15) is 55.0 Å². The molecule has 0 bridgehead atoms. The van der Waals surface area contributed by atoms with Gasteiger partial charge in [-0.05, 0) is 78.9 Å². The molecule has 36 heavy (non-hydrogen) atoms. The second-order valence-electron chi connectivity index (χ2n) is 9.06. The number of rotatable bonds is 7. The highest BCUT2D eigenvalue weighted by atomic mass is 16.5. The fourth-order valence-electron chi connectivity index (χ4n) is 4.62. The summed E-state index contributed by atoms with van der Waals surface area (Å²) >= 11 is 0. The van der Waals surface area contributed by atoms with Crippen LogP contribution in [-0.4, -0.2) is 30.5 Å². The van der Waals surface area contributed by atoms with Crippen LogP contribution in [0.3, 0.4) is 0 Å². The number of ketones is 1. The summed E-state index contributed by atoms with van der Waals surface area (Å²) in [4.78, 5) is 28.3. The molecule has 4 rings (SSSR count). The first kappa shape index (κ1) is 25.0. The molecule has 6 heteroatoms. The quantitative estimate of drug-likeness (QED) is 0.247. The Hall–Kier alpha value is -4.06. The van der Waals surface area contributed by atoms with Gasteiger partial charge >= 0.3 is 0 Å². The standard InChI is InChI=1S/C30H31NO5/c1-6-36-25-16-11-20(17-24(25)18(2)3)28(32)26-27(23-10-8-7-9-19(23)4)31(30(34)29(26)33)21-12-14-22(35-5)15-13-21/h7-18,27,32H,6H2,1-5H3/b28-26+. The van der Waals surface area contributed by atoms with E-state index in [4.69, 9.17) is 9.47 Å². The Labute approximate surface area is 211 Å². The third-order valence-corrected chi connectivity index (χ3v) is 6.48. The number of amides is 1. The second kappa shape index (κ2) is 10.3. The van der Waals surface area contributed by atoms with Gasteiger partial charge in [0.2, 0.25) is 0 Å². The molecule has 1 atom stereocenters. The molecule has 1 fully saturated rings. The predicted molar refractivity (Wildman–Crippen MR) is 141 cm³/mol. The molecule has 0 spiro atoms. The summed E-state index contributed by atoms with van der Waals surface area (Å²) in [7, 11) is 1.57. The van der Waals surface area contributed by atoms with E-state index in [1.54, 1.807) is 43.5 Å². The third-order valence-electron chi connectivity index (χ3n) is 6.48. The van der Waals surface area contributed by atoms with E-state index in [1.807, 2.05) is 58.0 Å². The van der Waals surface area contributed by atoms with Gasteiger partial charge in [-0.15, -0.1) is 0 Å². The average molecular weight is 486 g/mol. The summed E-state index contributed by atoms with van der Waals surface area (Å²) in [5.74, 6) is -0.117. The number of nitrogens with zero attached hydrogens (tertiary/aromatic N) is 1. The number of Topliss-reactive ketones (excluding diaryl/α,β-unsaturated/α-hetero) is 1. The number of benzene rings is 3. The predicted octanol–water partition coefficient (Wildman–Crippen LogP) is 6.15. The van der Waals surface area contributed by atoms with E-state index < -0.39 is 17.7 Å². The van der Waals surface area contributed by atoms with Crippen molar-refractivity contribution in [2.75, 3.05) is 18.6 Å². The zero-order chi connectivity index (χ0) is 26.0. The molecule has 1 aliphatic heterocycles. The van der Waals surface area contributed by atoms with Gasteiger partial charge in [0, 0.05) is 11.3 Å². The normalized spacial score (nSPS) is 17.1. The van der Waals surface area contributed by atoms with Crippen LogP contribution in [0.15, 0.2) is 72.3 Å². The number of methoxy groups -OCH3 is 1. The van der Waals surface area contributed by atoms with Crippen LogP contribution in [0.5, 0.6) is 11.5 Å². The average Bonchev–Trinajstić information content (AvgIpc) is 3.14. The van der Waals surface area contributed by atoms with Gasteiger partial charge in [0.05, 0.1) is 25.3 Å². The maximum Gasteiger partial charge on any atom is 0.300 e. The van der Waals surface area contributed by atoms with Crippen LogP contribution in [0.4, 0.5) is 5.69 Å². The van der Waals surface area contributed by atoms with Crippen molar-refractivity contribution in [1.29, 1.82) is 0 Å². The van der Waals surface area contributed by atoms with Crippen LogP contribution in [0, 0.1) is 6.92 Å². The maximum atomic E-state index is 13.5. The number of hydrogen-bond donors (Lipinski definition) is 1. The van der Waals surface area contributed by atoms with Gasteiger partial charge in [-0.3, -0.25) is 14.5 Å². The molecule has 0 radical (unpaired) electrons. The molecule has 6 nitrogen and oxygen atoms in total. The van der Waals surface area contributed by atoms with Crippen LogP contribution >= 0.6 is 0 Å². The van der Waals surface area contributed by atoms with Gasteiger partial charge in [0.1, 0.15) is 17.3 Å². The summed E-state index contributed by atoms with van der Waals surface area (Å²) < 4.78 is 11.0. The van der Waals surface area contributed by atoms with E-state index >= 15 is 0 Å². The minimum Gasteiger partial charge on any atom is -0.507 e.